The number of esters is 1. The number of nitrogens with one attached hydrogen (secondary N) is 2. The summed E-state index contributed by atoms with van der Waals surface area (Å²) in [7, 11) is 0. The minimum Gasteiger partial charge on any atom is -0.462 e. The van der Waals surface area contributed by atoms with E-state index in [0.717, 1.165) is 0 Å². The van der Waals surface area contributed by atoms with Crippen LogP contribution in [0.25, 0.3) is 0 Å². The molecule has 0 saturated heterocycles. The van der Waals surface area contributed by atoms with E-state index in [-0.39, 0.29) is 6.54 Å². The highest BCUT2D eigenvalue weighted by atomic mass is 16.5. The largest absolute Gasteiger partial charge is 0.462 e. The second-order valence-electron chi connectivity index (χ2n) is 3.26. The predicted molar refractivity (Wildman–Crippen MR) is 65.0 cm³/mol. The van der Waals surface area contributed by atoms with E-state index >= 15 is 0 Å². The second-order valence-corrected chi connectivity index (χ2v) is 3.26. The number of ether oxygens (including phenoxy) is 1. The summed E-state index contributed by atoms with van der Waals surface area (Å²) in [6, 6.07) is 7.59. The third-order valence-electron chi connectivity index (χ3n) is 1.98. The van der Waals surface area contributed by atoms with Crippen LogP contribution in [0.15, 0.2) is 24.3 Å². The molecule has 1 aromatic rings. The highest BCUT2D eigenvalue weighted by Gasteiger charge is 2.06. The van der Waals surface area contributed by atoms with Gasteiger partial charge in [0.2, 0.25) is 0 Å². The van der Waals surface area contributed by atoms with E-state index < -0.39 is 12.0 Å². The van der Waals surface area contributed by atoms with E-state index in [2.05, 4.69) is 10.6 Å². The fourth-order valence-corrected chi connectivity index (χ4v) is 1.20. The predicted octanol–water partition coefficient (Wildman–Crippen LogP) is 1.51. The van der Waals surface area contributed by atoms with Crippen LogP contribution in [0.3, 0.4) is 0 Å². The molecule has 0 atom stereocenters. The maximum Gasteiger partial charge on any atom is 0.338 e. The van der Waals surface area contributed by atoms with Gasteiger partial charge in [-0.2, -0.15) is 5.26 Å². The van der Waals surface area contributed by atoms with Crippen LogP contribution in [0.4, 0.5) is 10.5 Å². The van der Waals surface area contributed by atoms with Crippen LogP contribution in [0.1, 0.15) is 17.3 Å². The normalized spacial score (nSPS) is 9.11. The van der Waals surface area contributed by atoms with Gasteiger partial charge in [0.15, 0.2) is 0 Å². The standard InChI is InChI=1S/C12H13N3O3/c1-2-18-11(16)9-3-5-10(6-4-9)15-12(17)14-8-7-13/h3-6H,2,8H2,1H3,(H2,14,15,17). The lowest BCUT2D eigenvalue weighted by Crippen LogP contribution is -2.28. The minimum atomic E-state index is -0.472. The van der Waals surface area contributed by atoms with Gasteiger partial charge in [0, 0.05) is 5.69 Å². The van der Waals surface area contributed by atoms with Crippen LogP contribution in [0.5, 0.6) is 0 Å². The van der Waals surface area contributed by atoms with Crippen LogP contribution in [0.2, 0.25) is 0 Å². The van der Waals surface area contributed by atoms with Crippen molar-refractivity contribution >= 4 is 17.7 Å². The van der Waals surface area contributed by atoms with Gasteiger partial charge in [-0.3, -0.25) is 0 Å². The number of rotatable bonds is 4. The van der Waals surface area contributed by atoms with Crippen LogP contribution in [-0.2, 0) is 4.74 Å². The first kappa shape index (κ1) is 13.5. The zero-order valence-corrected chi connectivity index (χ0v) is 9.90. The summed E-state index contributed by atoms with van der Waals surface area (Å²) in [5.74, 6) is -0.405. The average molecular weight is 247 g/mol. The summed E-state index contributed by atoms with van der Waals surface area (Å²) >= 11 is 0. The Labute approximate surface area is 105 Å². The number of nitrogens with zero attached hydrogens (tertiary/aromatic N) is 1. The van der Waals surface area contributed by atoms with Crippen molar-refractivity contribution in [3.63, 3.8) is 0 Å². The van der Waals surface area contributed by atoms with E-state index in [1.54, 1.807) is 37.3 Å². The Bertz CT molecular complexity index is 462. The lowest BCUT2D eigenvalue weighted by molar-refractivity contribution is 0.0526. The van der Waals surface area contributed by atoms with E-state index in [1.807, 2.05) is 0 Å². The SMILES string of the molecule is CCOC(=O)c1ccc(NC(=O)NCC#N)cc1. The number of hydrogen-bond acceptors (Lipinski definition) is 4. The maximum atomic E-state index is 11.4. The molecule has 0 saturated carbocycles. The molecule has 0 unspecified atom stereocenters. The molecule has 0 heterocycles. The number of carbonyl (C=O) groups excluding carboxylic acids is 2. The summed E-state index contributed by atoms with van der Waals surface area (Å²) < 4.78 is 4.83. The van der Waals surface area contributed by atoms with E-state index in [4.69, 9.17) is 10.00 Å². The number of hydrogen-bond donors (Lipinski definition) is 2. The van der Waals surface area contributed by atoms with Gasteiger partial charge < -0.3 is 15.4 Å². The fraction of sp³-hybridized carbons (Fsp3) is 0.250. The quantitative estimate of drug-likeness (QED) is 0.623. The molecular formula is C12H13N3O3. The van der Waals surface area contributed by atoms with Crippen molar-refractivity contribution < 1.29 is 14.3 Å². The van der Waals surface area contributed by atoms with Gasteiger partial charge in [0.05, 0.1) is 18.2 Å². The third-order valence-corrected chi connectivity index (χ3v) is 1.98. The molecule has 0 fully saturated rings. The Morgan fingerprint density at radius 2 is 2.00 bits per heavy atom. The van der Waals surface area contributed by atoms with Gasteiger partial charge in [-0.15, -0.1) is 0 Å². The van der Waals surface area contributed by atoms with E-state index in [9.17, 15) is 9.59 Å². The number of nitriles is 1. The number of amides is 2. The first-order valence-corrected chi connectivity index (χ1v) is 5.36. The molecule has 2 N–H and O–H groups in total. The van der Waals surface area contributed by atoms with Crippen molar-refractivity contribution in [1.29, 1.82) is 5.26 Å². The number of carbonyl (C=O) groups is 2. The zero-order chi connectivity index (χ0) is 13.4. The Morgan fingerprint density at radius 3 is 2.56 bits per heavy atom. The maximum absolute atomic E-state index is 11.4. The Balaban J connectivity index is 2.58. The van der Waals surface area contributed by atoms with Gasteiger partial charge in [-0.05, 0) is 31.2 Å². The average Bonchev–Trinajstić information content (AvgIpc) is 2.37. The van der Waals surface area contributed by atoms with Gasteiger partial charge in [0.25, 0.3) is 0 Å². The summed E-state index contributed by atoms with van der Waals surface area (Å²) in [5, 5.41) is 13.1. The smallest absolute Gasteiger partial charge is 0.338 e. The second kappa shape index (κ2) is 6.91. The van der Waals surface area contributed by atoms with Crippen molar-refractivity contribution in [3.05, 3.63) is 29.8 Å². The molecule has 6 heteroatoms. The number of urea groups is 1. The lowest BCUT2D eigenvalue weighted by Gasteiger charge is -2.06. The molecule has 1 aromatic carbocycles. The first-order valence-electron chi connectivity index (χ1n) is 5.36. The fourth-order valence-electron chi connectivity index (χ4n) is 1.20. The molecule has 94 valence electrons. The van der Waals surface area contributed by atoms with Crippen LogP contribution in [0, 0.1) is 11.3 Å². The zero-order valence-electron chi connectivity index (χ0n) is 9.90. The van der Waals surface area contributed by atoms with Gasteiger partial charge in [-0.1, -0.05) is 0 Å². The molecule has 0 radical (unpaired) electrons. The van der Waals surface area contributed by atoms with Gasteiger partial charge >= 0.3 is 12.0 Å². The molecule has 0 aliphatic carbocycles. The summed E-state index contributed by atoms with van der Waals surface area (Å²) in [6.45, 7) is 1.98. The minimum absolute atomic E-state index is 0.0628. The van der Waals surface area contributed by atoms with Crippen molar-refractivity contribution in [2.45, 2.75) is 6.92 Å². The number of benzene rings is 1. The highest BCUT2D eigenvalue weighted by Crippen LogP contribution is 2.10. The third kappa shape index (κ3) is 4.14. The Kier molecular flexibility index (Phi) is 5.19. The van der Waals surface area contributed by atoms with E-state index in [0.29, 0.717) is 17.9 Å². The molecule has 0 aromatic heterocycles. The topological polar surface area (TPSA) is 91.2 Å². The summed E-state index contributed by atoms with van der Waals surface area (Å²) in [4.78, 5) is 22.6. The van der Waals surface area contributed by atoms with Crippen LogP contribution >= 0.6 is 0 Å². The molecule has 6 nitrogen and oxygen atoms in total. The lowest BCUT2D eigenvalue weighted by atomic mass is 10.2. The molecular weight excluding hydrogens is 234 g/mol. The van der Waals surface area contributed by atoms with Crippen LogP contribution < -0.4 is 10.6 Å². The molecule has 2 amide bonds. The molecule has 18 heavy (non-hydrogen) atoms. The molecule has 0 aliphatic heterocycles. The van der Waals surface area contributed by atoms with E-state index in [1.165, 1.54) is 0 Å². The van der Waals surface area contributed by atoms with Crippen LogP contribution in [-0.4, -0.2) is 25.2 Å². The van der Waals surface area contributed by atoms with Gasteiger partial charge in [0.1, 0.15) is 6.54 Å². The summed E-state index contributed by atoms with van der Waals surface area (Å²) in [6.07, 6.45) is 0. The molecule has 0 bridgehead atoms. The summed E-state index contributed by atoms with van der Waals surface area (Å²) in [5.41, 5.74) is 0.943. The number of anilines is 1. The molecule has 0 spiro atoms. The first-order chi connectivity index (χ1) is 8.67. The Morgan fingerprint density at radius 1 is 1.33 bits per heavy atom. The molecule has 1 rings (SSSR count). The Hall–Kier alpha value is -2.55. The van der Waals surface area contributed by atoms with Crippen molar-refractivity contribution in [2.24, 2.45) is 0 Å². The molecule has 0 aliphatic rings. The van der Waals surface area contributed by atoms with Gasteiger partial charge in [-0.25, -0.2) is 9.59 Å². The van der Waals surface area contributed by atoms with Crippen molar-refractivity contribution in [2.75, 3.05) is 18.5 Å². The monoisotopic (exact) mass is 247 g/mol. The highest BCUT2D eigenvalue weighted by molar-refractivity contribution is 5.92. The van der Waals surface area contributed by atoms with Crippen molar-refractivity contribution in [1.82, 2.24) is 5.32 Å². The van der Waals surface area contributed by atoms with Crippen molar-refractivity contribution in [3.8, 4) is 6.07 Å².